The van der Waals surface area contributed by atoms with Gasteiger partial charge in [0.1, 0.15) is 0 Å². The van der Waals surface area contributed by atoms with Crippen LogP contribution < -0.4 is 5.32 Å². The molecule has 5 heteroatoms. The lowest BCUT2D eigenvalue weighted by Crippen LogP contribution is -1.92. The Balaban J connectivity index is 2.24. The second kappa shape index (κ2) is 4.97. The minimum atomic E-state index is 0.584. The van der Waals surface area contributed by atoms with Gasteiger partial charge in [0.25, 0.3) is 0 Å². The molecule has 0 aliphatic carbocycles. The normalized spacial score (nSPS) is 11.5. The Labute approximate surface area is 104 Å². The highest BCUT2D eigenvalue weighted by atomic mass is 32.1. The predicted molar refractivity (Wildman–Crippen MR) is 70.6 cm³/mol. The summed E-state index contributed by atoms with van der Waals surface area (Å²) < 4.78 is 0. The van der Waals surface area contributed by atoms with Crippen molar-refractivity contribution in [1.29, 1.82) is 0 Å². The molecule has 0 unspecified atom stereocenters. The molecule has 0 saturated heterocycles. The van der Waals surface area contributed by atoms with E-state index in [1.165, 1.54) is 11.3 Å². The highest BCUT2D eigenvalue weighted by Crippen LogP contribution is 2.26. The molecule has 4 nitrogen and oxygen atoms in total. The standard InChI is InChI=1S/C12H13N3OS/c1-8-11(9(2)15-16)17-12(13-8)14-10-6-4-3-5-7-10/h3-7,16H,1-2H3,(H,13,14)/b15-9+. The van der Waals surface area contributed by atoms with Crippen molar-refractivity contribution in [2.75, 3.05) is 5.32 Å². The lowest BCUT2D eigenvalue weighted by atomic mass is 10.3. The van der Waals surface area contributed by atoms with E-state index in [9.17, 15) is 0 Å². The second-order valence-electron chi connectivity index (χ2n) is 3.61. The Morgan fingerprint density at radius 1 is 1.35 bits per heavy atom. The average Bonchev–Trinajstić information content (AvgIpc) is 2.70. The van der Waals surface area contributed by atoms with Crippen LogP contribution in [0.1, 0.15) is 17.5 Å². The highest BCUT2D eigenvalue weighted by molar-refractivity contribution is 7.17. The molecule has 88 valence electrons. The first kappa shape index (κ1) is 11.6. The van der Waals surface area contributed by atoms with Crippen molar-refractivity contribution in [3.8, 4) is 0 Å². The van der Waals surface area contributed by atoms with Crippen LogP contribution in [0, 0.1) is 6.92 Å². The molecule has 0 atom stereocenters. The largest absolute Gasteiger partial charge is 0.411 e. The fraction of sp³-hybridized carbons (Fsp3) is 0.167. The maximum Gasteiger partial charge on any atom is 0.188 e. The summed E-state index contributed by atoms with van der Waals surface area (Å²) in [5.41, 5.74) is 2.44. The van der Waals surface area contributed by atoms with Gasteiger partial charge in [-0.25, -0.2) is 4.98 Å². The third kappa shape index (κ3) is 2.62. The zero-order valence-corrected chi connectivity index (χ0v) is 10.5. The number of aryl methyl sites for hydroxylation is 1. The zero-order valence-electron chi connectivity index (χ0n) is 9.64. The van der Waals surface area contributed by atoms with E-state index >= 15 is 0 Å². The molecule has 17 heavy (non-hydrogen) atoms. The monoisotopic (exact) mass is 247 g/mol. The van der Waals surface area contributed by atoms with Crippen molar-refractivity contribution in [1.82, 2.24) is 4.98 Å². The summed E-state index contributed by atoms with van der Waals surface area (Å²) in [5.74, 6) is 0. The summed E-state index contributed by atoms with van der Waals surface area (Å²) >= 11 is 1.47. The quantitative estimate of drug-likeness (QED) is 0.496. The number of aromatic nitrogens is 1. The van der Waals surface area contributed by atoms with Gasteiger partial charge in [0.15, 0.2) is 5.13 Å². The number of para-hydroxylation sites is 1. The van der Waals surface area contributed by atoms with Crippen LogP contribution in [0.2, 0.25) is 0 Å². The van der Waals surface area contributed by atoms with Gasteiger partial charge in [-0.05, 0) is 26.0 Å². The van der Waals surface area contributed by atoms with Crippen molar-refractivity contribution in [3.63, 3.8) is 0 Å². The molecular weight excluding hydrogens is 234 g/mol. The van der Waals surface area contributed by atoms with Gasteiger partial charge in [-0.1, -0.05) is 34.7 Å². The van der Waals surface area contributed by atoms with E-state index in [1.54, 1.807) is 6.92 Å². The van der Waals surface area contributed by atoms with Gasteiger partial charge in [-0.3, -0.25) is 0 Å². The molecule has 2 aromatic rings. The molecule has 2 rings (SSSR count). The first-order valence-corrected chi connectivity index (χ1v) is 6.01. The second-order valence-corrected chi connectivity index (χ2v) is 4.61. The average molecular weight is 247 g/mol. The van der Waals surface area contributed by atoms with Crippen LogP contribution in [-0.4, -0.2) is 15.9 Å². The smallest absolute Gasteiger partial charge is 0.188 e. The molecule has 1 aromatic carbocycles. The summed E-state index contributed by atoms with van der Waals surface area (Å²) in [5, 5.41) is 16.0. The van der Waals surface area contributed by atoms with Crippen molar-refractivity contribution >= 4 is 27.9 Å². The summed E-state index contributed by atoms with van der Waals surface area (Å²) in [6.07, 6.45) is 0. The molecule has 1 heterocycles. The fourth-order valence-electron chi connectivity index (χ4n) is 1.48. The van der Waals surface area contributed by atoms with Gasteiger partial charge >= 0.3 is 0 Å². The van der Waals surface area contributed by atoms with Gasteiger partial charge in [-0.2, -0.15) is 0 Å². The molecule has 0 aliphatic heterocycles. The number of rotatable bonds is 3. The number of oxime groups is 1. The van der Waals surface area contributed by atoms with Gasteiger partial charge in [0, 0.05) is 5.69 Å². The summed E-state index contributed by atoms with van der Waals surface area (Å²) in [6.45, 7) is 3.66. The Kier molecular flexibility index (Phi) is 3.39. The number of thiazole rings is 1. The first-order valence-electron chi connectivity index (χ1n) is 5.19. The molecule has 0 fully saturated rings. The Hall–Kier alpha value is -1.88. The van der Waals surface area contributed by atoms with Crippen LogP contribution in [0.3, 0.4) is 0 Å². The Bertz CT molecular complexity index is 534. The molecule has 0 amide bonds. The minimum absolute atomic E-state index is 0.584. The van der Waals surface area contributed by atoms with Crippen molar-refractivity contribution < 1.29 is 5.21 Å². The molecule has 0 spiro atoms. The van der Waals surface area contributed by atoms with E-state index in [2.05, 4.69) is 15.5 Å². The lowest BCUT2D eigenvalue weighted by molar-refractivity contribution is 0.319. The third-order valence-electron chi connectivity index (χ3n) is 2.30. The maximum atomic E-state index is 8.76. The summed E-state index contributed by atoms with van der Waals surface area (Å²) in [6, 6.07) is 9.84. The number of benzene rings is 1. The Morgan fingerprint density at radius 2 is 2.06 bits per heavy atom. The van der Waals surface area contributed by atoms with E-state index in [0.717, 1.165) is 21.4 Å². The predicted octanol–water partition coefficient (Wildman–Crippen LogP) is 3.39. The van der Waals surface area contributed by atoms with Gasteiger partial charge in [-0.15, -0.1) is 0 Å². The van der Waals surface area contributed by atoms with Crippen molar-refractivity contribution in [2.45, 2.75) is 13.8 Å². The number of nitrogens with zero attached hydrogens (tertiary/aromatic N) is 2. The van der Waals surface area contributed by atoms with Crippen LogP contribution in [0.5, 0.6) is 0 Å². The van der Waals surface area contributed by atoms with E-state index in [1.807, 2.05) is 37.3 Å². The minimum Gasteiger partial charge on any atom is -0.411 e. The molecule has 1 aromatic heterocycles. The van der Waals surface area contributed by atoms with Gasteiger partial charge in [0.05, 0.1) is 16.3 Å². The van der Waals surface area contributed by atoms with Crippen LogP contribution in [-0.2, 0) is 0 Å². The maximum absolute atomic E-state index is 8.76. The first-order chi connectivity index (χ1) is 8.20. The molecule has 0 radical (unpaired) electrons. The molecule has 0 aliphatic rings. The molecule has 0 bridgehead atoms. The van der Waals surface area contributed by atoms with Crippen molar-refractivity contribution in [2.24, 2.45) is 5.16 Å². The number of anilines is 2. The van der Waals surface area contributed by atoms with Crippen LogP contribution in [0.25, 0.3) is 0 Å². The molecule has 0 saturated carbocycles. The van der Waals surface area contributed by atoms with E-state index in [-0.39, 0.29) is 0 Å². The molecule has 2 N–H and O–H groups in total. The Morgan fingerprint density at radius 3 is 2.71 bits per heavy atom. The lowest BCUT2D eigenvalue weighted by Gasteiger charge is -2.00. The summed E-state index contributed by atoms with van der Waals surface area (Å²) in [4.78, 5) is 5.28. The topological polar surface area (TPSA) is 57.5 Å². The van der Waals surface area contributed by atoms with E-state index in [4.69, 9.17) is 5.21 Å². The molecular formula is C12H13N3OS. The SMILES string of the molecule is C/C(=N\O)c1sc(Nc2ccccc2)nc1C. The van der Waals surface area contributed by atoms with E-state index < -0.39 is 0 Å². The summed E-state index contributed by atoms with van der Waals surface area (Å²) in [7, 11) is 0. The zero-order chi connectivity index (χ0) is 12.3. The van der Waals surface area contributed by atoms with E-state index in [0.29, 0.717) is 5.71 Å². The van der Waals surface area contributed by atoms with Crippen LogP contribution in [0.15, 0.2) is 35.5 Å². The highest BCUT2D eigenvalue weighted by Gasteiger charge is 2.10. The number of nitrogens with one attached hydrogen (secondary N) is 1. The van der Waals surface area contributed by atoms with Crippen LogP contribution in [0.4, 0.5) is 10.8 Å². The number of hydrogen-bond acceptors (Lipinski definition) is 5. The fourth-order valence-corrected chi connectivity index (χ4v) is 2.40. The van der Waals surface area contributed by atoms with Crippen molar-refractivity contribution in [3.05, 3.63) is 40.9 Å². The third-order valence-corrected chi connectivity index (χ3v) is 3.48. The van der Waals surface area contributed by atoms with Gasteiger partial charge in [0.2, 0.25) is 0 Å². The van der Waals surface area contributed by atoms with Crippen LogP contribution >= 0.6 is 11.3 Å². The van der Waals surface area contributed by atoms with Gasteiger partial charge < -0.3 is 10.5 Å². The number of hydrogen-bond donors (Lipinski definition) is 2.